The van der Waals surface area contributed by atoms with Gasteiger partial charge in [0.2, 0.25) is 10.0 Å². The van der Waals surface area contributed by atoms with Gasteiger partial charge in [0.1, 0.15) is 5.78 Å². The molecule has 7 nitrogen and oxygen atoms in total. The zero-order valence-electron chi connectivity index (χ0n) is 16.5. The third kappa shape index (κ3) is 7.99. The molecule has 0 amide bonds. The number of hydrogen-bond donors (Lipinski definition) is 2. The molecule has 2 rings (SSSR count). The van der Waals surface area contributed by atoms with E-state index >= 15 is 0 Å². The first-order valence-corrected chi connectivity index (χ1v) is 11.2. The Morgan fingerprint density at radius 2 is 1.71 bits per heavy atom. The van der Waals surface area contributed by atoms with Gasteiger partial charge in [0, 0.05) is 13.6 Å². The lowest BCUT2D eigenvalue weighted by atomic mass is 10.1. The minimum Gasteiger partial charge on any atom is -0.299 e. The fraction of sp³-hybridized carbons (Fsp3) is 0.316. The SMILES string of the molecule is CC(=O)CNS(N)=O.Cc1ccc(CN(C)S(=O)(=O)c2ccccc2)cc1C. The Bertz CT molecular complexity index is 902. The van der Waals surface area contributed by atoms with Gasteiger partial charge in [-0.1, -0.05) is 36.4 Å². The number of nitrogens with one attached hydrogen (secondary N) is 1. The Kier molecular flexibility index (Phi) is 9.63. The number of carbonyl (C=O) groups is 1. The monoisotopic (exact) mass is 425 g/mol. The molecule has 3 N–H and O–H groups in total. The van der Waals surface area contributed by atoms with Crippen molar-refractivity contribution in [2.45, 2.75) is 32.2 Å². The minimum atomic E-state index is -3.43. The van der Waals surface area contributed by atoms with Gasteiger partial charge in [-0.25, -0.2) is 22.5 Å². The summed E-state index contributed by atoms with van der Waals surface area (Å²) < 4.78 is 38.4. The van der Waals surface area contributed by atoms with Crippen molar-refractivity contribution in [2.24, 2.45) is 5.14 Å². The highest BCUT2D eigenvalue weighted by atomic mass is 32.2. The number of aryl methyl sites for hydroxylation is 2. The number of Topliss-reactive ketones (excluding diaryl/α,β-unsaturated/α-hetero) is 1. The summed E-state index contributed by atoms with van der Waals surface area (Å²) in [7, 11) is -1.82. The van der Waals surface area contributed by atoms with Gasteiger partial charge in [-0.3, -0.25) is 4.79 Å². The van der Waals surface area contributed by atoms with Crippen molar-refractivity contribution in [3.63, 3.8) is 0 Å². The minimum absolute atomic E-state index is 0.0725. The van der Waals surface area contributed by atoms with E-state index in [0.717, 1.165) is 5.56 Å². The van der Waals surface area contributed by atoms with Crippen molar-refractivity contribution in [3.05, 3.63) is 65.2 Å². The van der Waals surface area contributed by atoms with E-state index in [1.807, 2.05) is 38.1 Å². The van der Waals surface area contributed by atoms with Crippen LogP contribution in [0.4, 0.5) is 0 Å². The maximum atomic E-state index is 12.4. The fourth-order valence-electron chi connectivity index (χ4n) is 2.19. The second kappa shape index (κ2) is 11.2. The summed E-state index contributed by atoms with van der Waals surface area (Å²) in [6, 6.07) is 14.5. The zero-order valence-corrected chi connectivity index (χ0v) is 18.1. The molecule has 0 radical (unpaired) electrons. The van der Waals surface area contributed by atoms with Gasteiger partial charge in [-0.15, -0.1) is 0 Å². The molecule has 2 aromatic rings. The summed E-state index contributed by atoms with van der Waals surface area (Å²) >= 11 is -1.56. The number of hydrogen-bond acceptors (Lipinski definition) is 4. The summed E-state index contributed by atoms with van der Waals surface area (Å²) in [4.78, 5) is 10.4. The normalized spacial score (nSPS) is 12.2. The van der Waals surface area contributed by atoms with Gasteiger partial charge in [0.25, 0.3) is 0 Å². The Morgan fingerprint density at radius 3 is 2.18 bits per heavy atom. The molecule has 1 atom stereocenters. The number of benzene rings is 2. The predicted molar refractivity (Wildman–Crippen MR) is 112 cm³/mol. The van der Waals surface area contributed by atoms with Gasteiger partial charge < -0.3 is 0 Å². The molecule has 28 heavy (non-hydrogen) atoms. The summed E-state index contributed by atoms with van der Waals surface area (Å²) in [5.74, 6) is -0.0798. The molecule has 0 aliphatic heterocycles. The molecule has 154 valence electrons. The van der Waals surface area contributed by atoms with E-state index in [9.17, 15) is 17.4 Å². The second-order valence-electron chi connectivity index (χ2n) is 6.31. The number of carbonyl (C=O) groups excluding carboxylic acids is 1. The Hall–Kier alpha value is -1.91. The molecule has 0 aliphatic carbocycles. The Morgan fingerprint density at radius 1 is 1.11 bits per heavy atom. The third-order valence-electron chi connectivity index (χ3n) is 3.89. The van der Waals surface area contributed by atoms with Crippen LogP contribution in [0.3, 0.4) is 0 Å². The molecule has 0 aliphatic rings. The number of sulfonamides is 1. The zero-order chi connectivity index (χ0) is 21.3. The lowest BCUT2D eigenvalue weighted by Crippen LogP contribution is -2.28. The maximum Gasteiger partial charge on any atom is 0.243 e. The molecule has 2 aromatic carbocycles. The van der Waals surface area contributed by atoms with E-state index in [1.165, 1.54) is 22.4 Å². The van der Waals surface area contributed by atoms with Gasteiger partial charge >= 0.3 is 0 Å². The third-order valence-corrected chi connectivity index (χ3v) is 6.14. The van der Waals surface area contributed by atoms with Crippen molar-refractivity contribution in [1.29, 1.82) is 0 Å². The molecular formula is C19H27N3O4S2. The van der Waals surface area contributed by atoms with Crippen LogP contribution in [0.5, 0.6) is 0 Å². The van der Waals surface area contributed by atoms with Crippen LogP contribution in [0.15, 0.2) is 53.4 Å². The van der Waals surface area contributed by atoms with Crippen LogP contribution in [-0.4, -0.2) is 36.3 Å². The van der Waals surface area contributed by atoms with Gasteiger partial charge in [0.05, 0.1) is 11.4 Å². The van der Waals surface area contributed by atoms with Gasteiger partial charge in [-0.05, 0) is 49.6 Å². The Balaban J connectivity index is 0.000000416. The second-order valence-corrected chi connectivity index (χ2v) is 9.24. The molecule has 0 fully saturated rings. The quantitative estimate of drug-likeness (QED) is 0.705. The molecule has 0 heterocycles. The van der Waals surface area contributed by atoms with Crippen molar-refractivity contribution in [3.8, 4) is 0 Å². The molecule has 0 spiro atoms. The largest absolute Gasteiger partial charge is 0.299 e. The van der Waals surface area contributed by atoms with Crippen molar-refractivity contribution < 1.29 is 17.4 Å². The maximum absolute atomic E-state index is 12.4. The summed E-state index contributed by atoms with van der Waals surface area (Å²) in [5.41, 5.74) is 3.38. The van der Waals surface area contributed by atoms with Crippen LogP contribution in [-0.2, 0) is 32.5 Å². The van der Waals surface area contributed by atoms with Gasteiger partial charge in [-0.2, -0.15) is 4.31 Å². The summed E-state index contributed by atoms with van der Waals surface area (Å²) in [5, 5.41) is 4.75. The molecule has 1 unspecified atom stereocenters. The first-order chi connectivity index (χ1) is 13.0. The standard InChI is InChI=1S/C16H19NO2S.C3H8N2O2S/c1-13-9-10-15(11-14(13)2)12-17(3)20(18,19)16-7-5-4-6-8-16;1-3(6)2-5-8(4)7/h4-11H,12H2,1-3H3;5H,2,4H2,1H3. The topological polar surface area (TPSA) is 110 Å². The van der Waals surface area contributed by atoms with Crippen LogP contribution in [0.2, 0.25) is 0 Å². The van der Waals surface area contributed by atoms with E-state index in [4.69, 9.17) is 5.14 Å². The highest BCUT2D eigenvalue weighted by molar-refractivity contribution is 7.89. The fourth-order valence-corrected chi connectivity index (χ4v) is 3.71. The van der Waals surface area contributed by atoms with Crippen LogP contribution < -0.4 is 9.86 Å². The van der Waals surface area contributed by atoms with Gasteiger partial charge in [0.15, 0.2) is 11.2 Å². The highest BCUT2D eigenvalue weighted by Gasteiger charge is 2.20. The summed E-state index contributed by atoms with van der Waals surface area (Å²) in [6.07, 6.45) is 0. The number of ketones is 1. The van der Waals surface area contributed by atoms with E-state index in [2.05, 4.69) is 4.72 Å². The molecule has 9 heteroatoms. The van der Waals surface area contributed by atoms with Crippen LogP contribution in [0.1, 0.15) is 23.6 Å². The predicted octanol–water partition coefficient (Wildman–Crippen LogP) is 1.83. The molecular weight excluding hydrogens is 398 g/mol. The number of nitrogens with two attached hydrogens (primary N) is 1. The number of nitrogens with zero attached hydrogens (tertiary/aromatic N) is 1. The van der Waals surface area contributed by atoms with Crippen molar-refractivity contribution >= 4 is 27.0 Å². The number of rotatable bonds is 7. The van der Waals surface area contributed by atoms with E-state index in [-0.39, 0.29) is 12.3 Å². The highest BCUT2D eigenvalue weighted by Crippen LogP contribution is 2.17. The first kappa shape index (κ1) is 24.1. The van der Waals surface area contributed by atoms with Crippen LogP contribution >= 0.6 is 0 Å². The van der Waals surface area contributed by atoms with Crippen molar-refractivity contribution in [2.75, 3.05) is 13.6 Å². The van der Waals surface area contributed by atoms with Crippen LogP contribution in [0, 0.1) is 13.8 Å². The smallest absolute Gasteiger partial charge is 0.243 e. The first-order valence-electron chi connectivity index (χ1n) is 8.50. The molecule has 0 saturated carbocycles. The van der Waals surface area contributed by atoms with E-state index in [1.54, 1.807) is 31.3 Å². The van der Waals surface area contributed by atoms with E-state index < -0.39 is 21.2 Å². The van der Waals surface area contributed by atoms with E-state index in [0.29, 0.717) is 11.4 Å². The summed E-state index contributed by atoms with van der Waals surface area (Å²) in [6.45, 7) is 5.91. The molecule has 0 bridgehead atoms. The lowest BCUT2D eigenvalue weighted by molar-refractivity contribution is -0.115. The molecule has 0 aromatic heterocycles. The average molecular weight is 426 g/mol. The Labute approximate surface area is 169 Å². The average Bonchev–Trinajstić information content (AvgIpc) is 2.64. The lowest BCUT2D eigenvalue weighted by Gasteiger charge is -2.17. The molecule has 0 saturated heterocycles. The van der Waals surface area contributed by atoms with Crippen molar-refractivity contribution in [1.82, 2.24) is 9.03 Å². The van der Waals surface area contributed by atoms with Crippen LogP contribution in [0.25, 0.3) is 0 Å².